The van der Waals surface area contributed by atoms with E-state index in [1.165, 1.54) is 5.56 Å². The predicted molar refractivity (Wildman–Crippen MR) is 120 cm³/mol. The largest absolute Gasteiger partial charge is 0.466 e. The molecule has 3 nitrogen and oxygen atoms in total. The van der Waals surface area contributed by atoms with E-state index in [4.69, 9.17) is 9.16 Å². The maximum Gasteiger partial charge on any atom is 0.196 e. The lowest BCUT2D eigenvalue weighted by Crippen LogP contribution is -2.45. The van der Waals surface area contributed by atoms with E-state index in [0.29, 0.717) is 0 Å². The highest BCUT2D eigenvalue weighted by Gasteiger charge is 2.39. The van der Waals surface area contributed by atoms with Crippen molar-refractivity contribution in [3.05, 3.63) is 53.1 Å². The number of aryl methyl sites for hydroxylation is 2. The number of hydrogen-bond acceptors (Lipinski definition) is 3. The van der Waals surface area contributed by atoms with Crippen molar-refractivity contribution in [3.8, 4) is 16.9 Å². The van der Waals surface area contributed by atoms with E-state index in [2.05, 4.69) is 72.8 Å². The summed E-state index contributed by atoms with van der Waals surface area (Å²) in [5.41, 5.74) is 5.56. The molecule has 1 atom stereocenters. The number of hydrogen-bond donors (Lipinski definition) is 1. The summed E-state index contributed by atoms with van der Waals surface area (Å²) in [5.74, 6) is 0.850. The SMILES string of the molecule is CCC(Oc1cc(C)c(-c2cccc(CO)c2)c(C)c1)O[Si](C)(C)C(C)(C)C. The number of rotatable bonds is 7. The van der Waals surface area contributed by atoms with Crippen LogP contribution in [0.4, 0.5) is 0 Å². The molecule has 1 N–H and O–H groups in total. The van der Waals surface area contributed by atoms with Crippen LogP contribution < -0.4 is 4.74 Å². The summed E-state index contributed by atoms with van der Waals surface area (Å²) in [7, 11) is -1.89. The van der Waals surface area contributed by atoms with Crippen LogP contribution in [0.25, 0.3) is 11.1 Å². The van der Waals surface area contributed by atoms with Gasteiger partial charge < -0.3 is 14.3 Å². The summed E-state index contributed by atoms with van der Waals surface area (Å²) in [5, 5.41) is 9.59. The highest BCUT2D eigenvalue weighted by atomic mass is 28.4. The Bertz CT molecular complexity index is 783. The number of aliphatic hydroxyl groups is 1. The lowest BCUT2D eigenvalue weighted by atomic mass is 9.94. The van der Waals surface area contributed by atoms with E-state index in [-0.39, 0.29) is 17.9 Å². The molecule has 1 unspecified atom stereocenters. The predicted octanol–water partition coefficient (Wildman–Crippen LogP) is 6.60. The number of aliphatic hydroxyl groups excluding tert-OH is 1. The molecule has 154 valence electrons. The number of benzene rings is 2. The van der Waals surface area contributed by atoms with Gasteiger partial charge in [0.25, 0.3) is 0 Å². The molecular formula is C24H36O3Si. The quantitative estimate of drug-likeness (QED) is 0.420. The Kier molecular flexibility index (Phi) is 7.13. The molecule has 0 aliphatic rings. The zero-order valence-corrected chi connectivity index (χ0v) is 19.7. The van der Waals surface area contributed by atoms with Gasteiger partial charge >= 0.3 is 0 Å². The van der Waals surface area contributed by atoms with Gasteiger partial charge in [0.15, 0.2) is 14.6 Å². The van der Waals surface area contributed by atoms with E-state index in [0.717, 1.165) is 34.4 Å². The lowest BCUT2D eigenvalue weighted by Gasteiger charge is -2.38. The van der Waals surface area contributed by atoms with Crippen LogP contribution in [0.15, 0.2) is 36.4 Å². The average molecular weight is 401 g/mol. The second-order valence-corrected chi connectivity index (χ2v) is 13.9. The van der Waals surface area contributed by atoms with Gasteiger partial charge in [0.05, 0.1) is 6.61 Å². The monoisotopic (exact) mass is 400 g/mol. The third kappa shape index (κ3) is 5.25. The van der Waals surface area contributed by atoms with Crippen molar-refractivity contribution in [2.45, 2.75) is 79.0 Å². The van der Waals surface area contributed by atoms with Crippen molar-refractivity contribution in [2.75, 3.05) is 0 Å². The molecule has 0 amide bonds. The minimum absolute atomic E-state index is 0.0517. The second-order valence-electron chi connectivity index (χ2n) is 9.12. The minimum Gasteiger partial charge on any atom is -0.466 e. The van der Waals surface area contributed by atoms with Gasteiger partial charge in [0.1, 0.15) is 5.75 Å². The standard InChI is InChI=1S/C24H36O3Si/c1-9-22(27-28(7,8)24(4,5)6)26-21-13-17(2)23(18(3)14-21)20-12-10-11-19(15-20)16-25/h10-15,22,25H,9,16H2,1-8H3. The smallest absolute Gasteiger partial charge is 0.196 e. The molecule has 28 heavy (non-hydrogen) atoms. The van der Waals surface area contributed by atoms with E-state index in [1.807, 2.05) is 18.2 Å². The van der Waals surface area contributed by atoms with Crippen molar-refractivity contribution in [3.63, 3.8) is 0 Å². The molecule has 2 aromatic carbocycles. The summed E-state index contributed by atoms with van der Waals surface area (Å²) in [6, 6.07) is 12.2. The van der Waals surface area contributed by atoms with Crippen molar-refractivity contribution < 1.29 is 14.3 Å². The Labute approximate surface area is 171 Å². The summed E-state index contributed by atoms with van der Waals surface area (Å²) >= 11 is 0. The van der Waals surface area contributed by atoms with Crippen molar-refractivity contribution in [1.29, 1.82) is 0 Å². The minimum atomic E-state index is -1.89. The molecule has 0 fully saturated rings. The highest BCUT2D eigenvalue weighted by Crippen LogP contribution is 2.38. The van der Waals surface area contributed by atoms with Gasteiger partial charge in [-0.05, 0) is 78.0 Å². The van der Waals surface area contributed by atoms with Crippen molar-refractivity contribution in [1.82, 2.24) is 0 Å². The van der Waals surface area contributed by atoms with Crippen LogP contribution >= 0.6 is 0 Å². The number of ether oxygens (including phenoxy) is 1. The van der Waals surface area contributed by atoms with Crippen molar-refractivity contribution in [2.24, 2.45) is 0 Å². The molecular weight excluding hydrogens is 364 g/mol. The first-order valence-electron chi connectivity index (χ1n) is 10.1. The second kappa shape index (κ2) is 8.81. The third-order valence-corrected chi connectivity index (χ3v) is 10.2. The molecule has 2 aromatic rings. The normalized spacial score (nSPS) is 13.5. The van der Waals surface area contributed by atoms with E-state index in [9.17, 15) is 5.11 Å². The maximum absolute atomic E-state index is 9.44. The first kappa shape index (κ1) is 22.7. The van der Waals surface area contributed by atoms with Crippen LogP contribution in [0.5, 0.6) is 5.75 Å². The fraction of sp³-hybridized carbons (Fsp3) is 0.500. The van der Waals surface area contributed by atoms with Crippen LogP contribution in [-0.2, 0) is 11.0 Å². The zero-order valence-electron chi connectivity index (χ0n) is 18.7. The summed E-state index contributed by atoms with van der Waals surface area (Å²) in [4.78, 5) is 0. The molecule has 0 radical (unpaired) electrons. The Morgan fingerprint density at radius 2 is 1.64 bits per heavy atom. The topological polar surface area (TPSA) is 38.7 Å². The first-order valence-corrected chi connectivity index (χ1v) is 13.0. The molecule has 0 bridgehead atoms. The van der Waals surface area contributed by atoms with Gasteiger partial charge in [-0.3, -0.25) is 0 Å². The fourth-order valence-corrected chi connectivity index (χ4v) is 4.35. The summed E-state index contributed by atoms with van der Waals surface area (Å²) in [6.45, 7) is 17.6. The maximum atomic E-state index is 9.44. The van der Waals surface area contributed by atoms with Gasteiger partial charge in [-0.1, -0.05) is 45.9 Å². The van der Waals surface area contributed by atoms with Crippen LogP contribution in [0.2, 0.25) is 18.1 Å². The summed E-state index contributed by atoms with van der Waals surface area (Å²) in [6.07, 6.45) is 0.577. The molecule has 0 aromatic heterocycles. The van der Waals surface area contributed by atoms with Crippen LogP contribution in [-0.4, -0.2) is 19.7 Å². The van der Waals surface area contributed by atoms with Gasteiger partial charge in [0, 0.05) is 6.42 Å². The average Bonchev–Trinajstić information content (AvgIpc) is 2.59. The van der Waals surface area contributed by atoms with Crippen LogP contribution in [0, 0.1) is 13.8 Å². The molecule has 4 heteroatoms. The molecule has 0 saturated heterocycles. The Morgan fingerprint density at radius 3 is 2.14 bits per heavy atom. The molecule has 2 rings (SSSR count). The molecule has 0 heterocycles. The fourth-order valence-electron chi connectivity index (χ4n) is 3.12. The van der Waals surface area contributed by atoms with E-state index in [1.54, 1.807) is 0 Å². The van der Waals surface area contributed by atoms with Gasteiger partial charge in [0.2, 0.25) is 0 Å². The Balaban J connectivity index is 2.28. The van der Waals surface area contributed by atoms with Gasteiger partial charge in [-0.25, -0.2) is 0 Å². The first-order chi connectivity index (χ1) is 13.0. The Hall–Kier alpha value is -1.62. The third-order valence-electron chi connectivity index (χ3n) is 5.74. The molecule has 0 aliphatic heterocycles. The zero-order chi connectivity index (χ0) is 21.1. The van der Waals surface area contributed by atoms with Crippen LogP contribution in [0.3, 0.4) is 0 Å². The molecule has 0 aliphatic carbocycles. The van der Waals surface area contributed by atoms with E-state index < -0.39 is 8.32 Å². The Morgan fingerprint density at radius 1 is 1.04 bits per heavy atom. The summed E-state index contributed by atoms with van der Waals surface area (Å²) < 4.78 is 12.7. The highest BCUT2D eigenvalue weighted by molar-refractivity contribution is 6.74. The van der Waals surface area contributed by atoms with Crippen molar-refractivity contribution >= 4 is 8.32 Å². The molecule has 0 spiro atoms. The van der Waals surface area contributed by atoms with Gasteiger partial charge in [-0.2, -0.15) is 0 Å². The van der Waals surface area contributed by atoms with E-state index >= 15 is 0 Å². The van der Waals surface area contributed by atoms with Crippen LogP contribution in [0.1, 0.15) is 50.8 Å². The molecule has 0 saturated carbocycles. The van der Waals surface area contributed by atoms with Gasteiger partial charge in [-0.15, -0.1) is 0 Å². The lowest BCUT2D eigenvalue weighted by molar-refractivity contribution is -0.00804.